The molecule has 0 aliphatic heterocycles. The first-order chi connectivity index (χ1) is 15.1. The Balaban J connectivity index is 2.11. The van der Waals surface area contributed by atoms with Crippen LogP contribution >= 0.6 is 0 Å². The number of benzene rings is 3. The molecule has 4 nitrogen and oxygen atoms in total. The molecule has 0 fully saturated rings. The maximum absolute atomic E-state index is 13.3. The molecule has 31 heavy (non-hydrogen) atoms. The van der Waals surface area contributed by atoms with Crippen LogP contribution in [-0.2, 0) is 19.7 Å². The molecule has 3 aromatic carbocycles. The average molecular weight is 414 g/mol. The first kappa shape index (κ1) is 22.0. The van der Waals surface area contributed by atoms with E-state index in [1.807, 2.05) is 91.0 Å². The van der Waals surface area contributed by atoms with Gasteiger partial charge in [0.15, 0.2) is 0 Å². The van der Waals surface area contributed by atoms with Crippen LogP contribution in [0.2, 0.25) is 0 Å². The van der Waals surface area contributed by atoms with Crippen LogP contribution in [0.15, 0.2) is 104 Å². The monoisotopic (exact) mass is 413 g/mol. The predicted molar refractivity (Wildman–Crippen MR) is 123 cm³/mol. The van der Waals surface area contributed by atoms with Crippen molar-refractivity contribution in [2.24, 2.45) is 0 Å². The van der Waals surface area contributed by atoms with Crippen molar-refractivity contribution in [3.63, 3.8) is 0 Å². The van der Waals surface area contributed by atoms with E-state index >= 15 is 0 Å². The van der Waals surface area contributed by atoms with Crippen LogP contribution in [-0.4, -0.2) is 25.0 Å². The number of carbonyl (C=O) groups is 2. The highest BCUT2D eigenvalue weighted by atomic mass is 16.5. The molecule has 1 N–H and O–H groups in total. The van der Waals surface area contributed by atoms with Crippen LogP contribution in [0.4, 0.5) is 0 Å². The summed E-state index contributed by atoms with van der Waals surface area (Å²) in [5.74, 6) is -0.730. The lowest BCUT2D eigenvalue weighted by molar-refractivity contribution is -0.145. The summed E-state index contributed by atoms with van der Waals surface area (Å²) >= 11 is 0. The zero-order chi connectivity index (χ0) is 22.1. The first-order valence-corrected chi connectivity index (χ1v) is 10.3. The molecule has 0 saturated carbocycles. The zero-order valence-corrected chi connectivity index (χ0v) is 17.7. The van der Waals surface area contributed by atoms with Crippen molar-refractivity contribution in [2.45, 2.75) is 24.3 Å². The molecule has 158 valence electrons. The number of hydrogen-bond acceptors (Lipinski definition) is 3. The molecule has 0 heterocycles. The van der Waals surface area contributed by atoms with Crippen molar-refractivity contribution in [1.82, 2.24) is 5.32 Å². The Morgan fingerprint density at radius 2 is 1.29 bits per heavy atom. The van der Waals surface area contributed by atoms with E-state index < -0.39 is 17.4 Å². The second-order valence-corrected chi connectivity index (χ2v) is 7.35. The number of hydrogen-bond donors (Lipinski definition) is 1. The lowest BCUT2D eigenvalue weighted by Crippen LogP contribution is -2.44. The number of esters is 1. The Kier molecular flexibility index (Phi) is 7.39. The lowest BCUT2D eigenvalue weighted by Gasteiger charge is -2.36. The number of ether oxygens (including phenoxy) is 1. The quantitative estimate of drug-likeness (QED) is 0.316. The molecule has 0 bridgehead atoms. The Labute approximate surface area is 183 Å². The molecule has 0 spiro atoms. The van der Waals surface area contributed by atoms with Crippen LogP contribution < -0.4 is 5.32 Å². The Bertz CT molecular complexity index is 904. The van der Waals surface area contributed by atoms with Gasteiger partial charge in [0, 0.05) is 6.42 Å². The lowest BCUT2D eigenvalue weighted by atomic mass is 9.67. The number of rotatable bonds is 9. The standard InChI is InChI=1S/C27H27NO3/c1-3-13-24(26(30)31-2)28-25(29)20-27(21-14-7-4-8-15-21,22-16-9-5-10-17-22)23-18-11-6-12-19-23/h3-12,14-19,24H,1,13,20H2,2H3,(H,28,29)/t24-/m1/s1. The predicted octanol–water partition coefficient (Wildman–Crippen LogP) is 4.65. The molecule has 0 aliphatic rings. The second-order valence-electron chi connectivity index (χ2n) is 7.35. The summed E-state index contributed by atoms with van der Waals surface area (Å²) in [6.07, 6.45) is 2.03. The Morgan fingerprint density at radius 3 is 1.65 bits per heavy atom. The van der Waals surface area contributed by atoms with Crippen LogP contribution in [0.5, 0.6) is 0 Å². The minimum Gasteiger partial charge on any atom is -0.467 e. The number of methoxy groups -OCH3 is 1. The van der Waals surface area contributed by atoms with E-state index in [4.69, 9.17) is 4.74 Å². The summed E-state index contributed by atoms with van der Waals surface area (Å²) in [7, 11) is 1.31. The molecule has 0 saturated heterocycles. The minimum absolute atomic E-state index is 0.135. The van der Waals surface area contributed by atoms with Crippen molar-refractivity contribution in [1.29, 1.82) is 0 Å². The Morgan fingerprint density at radius 1 is 0.871 bits per heavy atom. The summed E-state index contributed by atoms with van der Waals surface area (Å²) in [5, 5.41) is 2.85. The van der Waals surface area contributed by atoms with E-state index in [0.29, 0.717) is 6.42 Å². The fourth-order valence-corrected chi connectivity index (χ4v) is 3.98. The maximum Gasteiger partial charge on any atom is 0.328 e. The number of nitrogens with one attached hydrogen (secondary N) is 1. The summed E-state index contributed by atoms with van der Waals surface area (Å²) < 4.78 is 4.85. The van der Waals surface area contributed by atoms with Gasteiger partial charge in [-0.25, -0.2) is 4.79 Å². The van der Waals surface area contributed by atoms with Crippen molar-refractivity contribution < 1.29 is 14.3 Å². The summed E-state index contributed by atoms with van der Waals surface area (Å²) in [6, 6.07) is 29.2. The van der Waals surface area contributed by atoms with Gasteiger partial charge in [-0.3, -0.25) is 4.79 Å². The molecule has 0 radical (unpaired) electrons. The molecular formula is C27H27NO3. The van der Waals surface area contributed by atoms with Crippen molar-refractivity contribution in [3.05, 3.63) is 120 Å². The highest BCUT2D eigenvalue weighted by molar-refractivity contribution is 5.86. The van der Waals surface area contributed by atoms with Crippen LogP contribution in [0.25, 0.3) is 0 Å². The molecule has 0 aliphatic carbocycles. The molecule has 3 rings (SSSR count). The van der Waals surface area contributed by atoms with Gasteiger partial charge in [0.05, 0.1) is 12.5 Å². The van der Waals surface area contributed by atoms with Gasteiger partial charge < -0.3 is 10.1 Å². The molecule has 0 aromatic heterocycles. The fraction of sp³-hybridized carbons (Fsp3) is 0.185. The zero-order valence-electron chi connectivity index (χ0n) is 17.7. The summed E-state index contributed by atoms with van der Waals surface area (Å²) in [5.41, 5.74) is 2.28. The maximum atomic E-state index is 13.3. The highest BCUT2D eigenvalue weighted by Crippen LogP contribution is 2.42. The van der Waals surface area contributed by atoms with E-state index in [2.05, 4.69) is 11.9 Å². The van der Waals surface area contributed by atoms with E-state index in [1.54, 1.807) is 6.08 Å². The van der Waals surface area contributed by atoms with E-state index in [0.717, 1.165) is 16.7 Å². The van der Waals surface area contributed by atoms with Crippen molar-refractivity contribution in [3.8, 4) is 0 Å². The van der Waals surface area contributed by atoms with Gasteiger partial charge in [-0.1, -0.05) is 97.1 Å². The molecular weight excluding hydrogens is 386 g/mol. The van der Waals surface area contributed by atoms with E-state index in [1.165, 1.54) is 7.11 Å². The smallest absolute Gasteiger partial charge is 0.328 e. The minimum atomic E-state index is -0.768. The largest absolute Gasteiger partial charge is 0.467 e. The Hall–Kier alpha value is -3.66. The van der Waals surface area contributed by atoms with Crippen LogP contribution in [0.1, 0.15) is 29.5 Å². The van der Waals surface area contributed by atoms with Crippen molar-refractivity contribution >= 4 is 11.9 Å². The highest BCUT2D eigenvalue weighted by Gasteiger charge is 2.39. The topological polar surface area (TPSA) is 55.4 Å². The second kappa shape index (κ2) is 10.4. The number of carbonyl (C=O) groups excluding carboxylic acids is 2. The molecule has 1 amide bonds. The summed E-state index contributed by atoms with van der Waals surface area (Å²) in [4.78, 5) is 25.5. The third kappa shape index (κ3) is 4.92. The van der Waals surface area contributed by atoms with Crippen LogP contribution in [0, 0.1) is 0 Å². The van der Waals surface area contributed by atoms with Crippen molar-refractivity contribution in [2.75, 3.05) is 7.11 Å². The van der Waals surface area contributed by atoms with Gasteiger partial charge in [0.1, 0.15) is 6.04 Å². The first-order valence-electron chi connectivity index (χ1n) is 10.3. The molecule has 3 aromatic rings. The van der Waals surface area contributed by atoms with Gasteiger partial charge in [-0.2, -0.15) is 0 Å². The number of amides is 1. The van der Waals surface area contributed by atoms with E-state index in [9.17, 15) is 9.59 Å². The van der Waals surface area contributed by atoms with Gasteiger partial charge in [-0.15, -0.1) is 6.58 Å². The molecule has 0 unspecified atom stereocenters. The van der Waals surface area contributed by atoms with Gasteiger partial charge in [0.2, 0.25) is 5.91 Å². The van der Waals surface area contributed by atoms with E-state index in [-0.39, 0.29) is 12.3 Å². The molecule has 1 atom stereocenters. The van der Waals surface area contributed by atoms with Gasteiger partial charge in [-0.05, 0) is 23.1 Å². The summed E-state index contributed by atoms with van der Waals surface area (Å²) in [6.45, 7) is 3.68. The SMILES string of the molecule is C=CC[C@@H](NC(=O)CC(c1ccccc1)(c1ccccc1)c1ccccc1)C(=O)OC. The average Bonchev–Trinajstić information content (AvgIpc) is 2.83. The van der Waals surface area contributed by atoms with Gasteiger partial charge >= 0.3 is 5.97 Å². The fourth-order valence-electron chi connectivity index (χ4n) is 3.98. The van der Waals surface area contributed by atoms with Crippen LogP contribution in [0.3, 0.4) is 0 Å². The molecule has 4 heteroatoms. The normalized spacial score (nSPS) is 11.9. The third-order valence-corrected chi connectivity index (χ3v) is 5.45. The third-order valence-electron chi connectivity index (χ3n) is 5.45. The van der Waals surface area contributed by atoms with Gasteiger partial charge in [0.25, 0.3) is 0 Å².